The van der Waals surface area contributed by atoms with E-state index in [1.807, 2.05) is 19.9 Å². The molecular formula is C28H36N8O3. The topological polar surface area (TPSA) is 133 Å². The molecule has 39 heavy (non-hydrogen) atoms. The number of nitrogens with two attached hydrogens (primary N) is 1. The smallest absolute Gasteiger partial charge is 0.331 e. The largest absolute Gasteiger partial charge is 0.356 e. The average Bonchev–Trinajstić information content (AvgIpc) is 3.21. The molecule has 2 aliphatic rings. The van der Waals surface area contributed by atoms with Crippen LogP contribution >= 0.6 is 0 Å². The minimum absolute atomic E-state index is 0.0628. The Morgan fingerprint density at radius 2 is 1.82 bits per heavy atom. The van der Waals surface area contributed by atoms with Gasteiger partial charge in [-0.1, -0.05) is 5.92 Å². The fourth-order valence-electron chi connectivity index (χ4n) is 5.64. The van der Waals surface area contributed by atoms with Gasteiger partial charge in [-0.05, 0) is 58.9 Å². The van der Waals surface area contributed by atoms with Crippen LogP contribution in [0.25, 0.3) is 11.0 Å². The normalized spacial score (nSPS) is 17.6. The maximum Gasteiger partial charge on any atom is 0.331 e. The van der Waals surface area contributed by atoms with Crippen LogP contribution in [0.5, 0.6) is 0 Å². The molecule has 11 heteroatoms. The number of fused-ring (bicyclic) bond motifs is 1. The number of anilines is 1. The van der Waals surface area contributed by atoms with Gasteiger partial charge in [-0.2, -0.15) is 0 Å². The van der Waals surface area contributed by atoms with Crippen molar-refractivity contribution in [3.63, 3.8) is 0 Å². The minimum Gasteiger partial charge on any atom is -0.356 e. The molecule has 2 fully saturated rings. The van der Waals surface area contributed by atoms with E-state index in [9.17, 15) is 14.4 Å². The fraction of sp³-hybridized carbons (Fsp3) is 0.536. The summed E-state index contributed by atoms with van der Waals surface area (Å²) in [5.74, 6) is 6.66. The van der Waals surface area contributed by atoms with E-state index in [1.165, 1.54) is 4.57 Å². The molecule has 1 atom stereocenters. The highest BCUT2D eigenvalue weighted by Gasteiger charge is 2.34. The fourth-order valence-corrected chi connectivity index (χ4v) is 5.64. The van der Waals surface area contributed by atoms with E-state index >= 15 is 0 Å². The third kappa shape index (κ3) is 4.96. The number of aryl methyl sites for hydroxylation is 3. The van der Waals surface area contributed by atoms with Gasteiger partial charge in [0.25, 0.3) is 11.5 Å². The second-order valence-corrected chi connectivity index (χ2v) is 10.7. The Bertz CT molecular complexity index is 1600. The van der Waals surface area contributed by atoms with Gasteiger partial charge in [0.1, 0.15) is 22.7 Å². The van der Waals surface area contributed by atoms with Crippen molar-refractivity contribution >= 4 is 22.8 Å². The van der Waals surface area contributed by atoms with E-state index in [-0.39, 0.29) is 36.6 Å². The van der Waals surface area contributed by atoms with E-state index < -0.39 is 11.2 Å². The van der Waals surface area contributed by atoms with Crippen molar-refractivity contribution in [1.82, 2.24) is 29.0 Å². The van der Waals surface area contributed by atoms with Gasteiger partial charge < -0.3 is 20.5 Å². The number of hydrogen-bond donors (Lipinski definition) is 2. The van der Waals surface area contributed by atoms with Crippen LogP contribution in [0.4, 0.5) is 5.82 Å². The molecule has 0 spiro atoms. The van der Waals surface area contributed by atoms with Gasteiger partial charge >= 0.3 is 5.69 Å². The Balaban J connectivity index is 1.79. The zero-order chi connectivity index (χ0) is 27.8. The lowest BCUT2D eigenvalue weighted by Crippen LogP contribution is -2.45. The summed E-state index contributed by atoms with van der Waals surface area (Å²) in [7, 11) is 1.60. The minimum atomic E-state index is -0.534. The summed E-state index contributed by atoms with van der Waals surface area (Å²) in [6, 6.07) is 1.86. The monoisotopic (exact) mass is 532 g/mol. The summed E-state index contributed by atoms with van der Waals surface area (Å²) in [5.41, 5.74) is 7.72. The van der Waals surface area contributed by atoms with Gasteiger partial charge in [0, 0.05) is 43.6 Å². The van der Waals surface area contributed by atoms with Crippen molar-refractivity contribution in [2.24, 2.45) is 12.8 Å². The van der Waals surface area contributed by atoms with E-state index in [1.54, 1.807) is 18.5 Å². The number of amides is 1. The molecule has 11 nitrogen and oxygen atoms in total. The summed E-state index contributed by atoms with van der Waals surface area (Å²) in [5, 5.41) is 3.13. The summed E-state index contributed by atoms with van der Waals surface area (Å²) >= 11 is 0. The second-order valence-electron chi connectivity index (χ2n) is 10.7. The van der Waals surface area contributed by atoms with E-state index in [2.05, 4.69) is 32.0 Å². The standard InChI is InChI=1S/C28H36N8O3/c1-5-6-13-35-24-23(33(4)28(39)36(27(24)38)16-21-30-17(2)14-18(3)31-21)22(25(37)32-20-10-7-11-20)26(35)34-12-8-9-19(29)15-34/h14,19-20H,7-13,15-16,29H2,1-4H3,(H,32,37)/t19-/m1/s1. The van der Waals surface area contributed by atoms with Gasteiger partial charge in [0.05, 0.1) is 18.6 Å². The molecule has 1 aliphatic carbocycles. The first kappa shape index (κ1) is 26.7. The van der Waals surface area contributed by atoms with Crippen LogP contribution in [0, 0.1) is 25.7 Å². The molecule has 1 amide bonds. The molecule has 1 saturated heterocycles. The number of nitrogens with zero attached hydrogens (tertiary/aromatic N) is 6. The second kappa shape index (κ2) is 10.7. The average molecular weight is 533 g/mol. The van der Waals surface area contributed by atoms with Crippen molar-refractivity contribution in [2.75, 3.05) is 18.0 Å². The van der Waals surface area contributed by atoms with E-state index in [0.717, 1.165) is 48.1 Å². The summed E-state index contributed by atoms with van der Waals surface area (Å²) < 4.78 is 4.34. The van der Waals surface area contributed by atoms with Crippen molar-refractivity contribution < 1.29 is 4.79 Å². The predicted molar refractivity (Wildman–Crippen MR) is 150 cm³/mol. The van der Waals surface area contributed by atoms with Gasteiger partial charge in [0.2, 0.25) is 0 Å². The molecule has 1 saturated carbocycles. The van der Waals surface area contributed by atoms with Gasteiger partial charge in [-0.25, -0.2) is 14.8 Å². The highest BCUT2D eigenvalue weighted by Crippen LogP contribution is 2.33. The zero-order valence-corrected chi connectivity index (χ0v) is 23.1. The molecule has 5 rings (SSSR count). The van der Waals surface area contributed by atoms with Crippen LogP contribution in [0.1, 0.15) is 66.6 Å². The van der Waals surface area contributed by atoms with Gasteiger partial charge in [-0.15, -0.1) is 5.92 Å². The Labute approximate surface area is 227 Å². The van der Waals surface area contributed by atoms with E-state index in [0.29, 0.717) is 35.8 Å². The predicted octanol–water partition coefficient (Wildman–Crippen LogP) is 1.19. The number of carbonyl (C=O) groups excluding carboxylic acids is 1. The van der Waals surface area contributed by atoms with Crippen molar-refractivity contribution in [3.8, 4) is 11.8 Å². The zero-order valence-electron chi connectivity index (χ0n) is 23.1. The van der Waals surface area contributed by atoms with Crippen LogP contribution in [0.2, 0.25) is 0 Å². The molecule has 3 aromatic heterocycles. The van der Waals surface area contributed by atoms with Crippen LogP contribution < -0.4 is 27.2 Å². The summed E-state index contributed by atoms with van der Waals surface area (Å²) in [6.45, 7) is 6.76. The van der Waals surface area contributed by atoms with Gasteiger partial charge in [0.15, 0.2) is 0 Å². The Morgan fingerprint density at radius 3 is 2.44 bits per heavy atom. The first-order chi connectivity index (χ1) is 18.7. The highest BCUT2D eigenvalue weighted by molar-refractivity contribution is 6.11. The quantitative estimate of drug-likeness (QED) is 0.456. The Hall–Kier alpha value is -3.91. The summed E-state index contributed by atoms with van der Waals surface area (Å²) in [6.07, 6.45) is 4.64. The number of rotatable bonds is 6. The molecular weight excluding hydrogens is 496 g/mol. The van der Waals surface area contributed by atoms with Crippen LogP contribution in [0.15, 0.2) is 15.7 Å². The molecule has 206 valence electrons. The van der Waals surface area contributed by atoms with E-state index in [4.69, 9.17) is 5.73 Å². The number of hydrogen-bond acceptors (Lipinski definition) is 7. The molecule has 0 unspecified atom stereocenters. The third-order valence-corrected chi connectivity index (χ3v) is 7.68. The van der Waals surface area contributed by atoms with Crippen molar-refractivity contribution in [2.45, 2.75) is 78.0 Å². The summed E-state index contributed by atoms with van der Waals surface area (Å²) in [4.78, 5) is 52.6. The van der Waals surface area contributed by atoms with Crippen LogP contribution in [-0.4, -0.2) is 54.7 Å². The maximum atomic E-state index is 14.1. The molecule has 1 aliphatic heterocycles. The molecule has 0 aromatic carbocycles. The first-order valence-electron chi connectivity index (χ1n) is 13.6. The lowest BCUT2D eigenvalue weighted by Gasteiger charge is -2.34. The van der Waals surface area contributed by atoms with Crippen molar-refractivity contribution in [3.05, 3.63) is 49.7 Å². The lowest BCUT2D eigenvalue weighted by molar-refractivity contribution is 0.0918. The molecule has 0 radical (unpaired) electrons. The maximum absolute atomic E-state index is 14.1. The number of carbonyl (C=O) groups is 1. The molecule has 3 N–H and O–H groups in total. The molecule has 3 aromatic rings. The van der Waals surface area contributed by atoms with Gasteiger partial charge in [-0.3, -0.25) is 18.7 Å². The Kier molecular flexibility index (Phi) is 7.32. The van der Waals surface area contributed by atoms with Crippen LogP contribution in [0.3, 0.4) is 0 Å². The lowest BCUT2D eigenvalue weighted by atomic mass is 9.93. The number of aromatic nitrogens is 5. The first-order valence-corrected chi connectivity index (χ1v) is 13.6. The number of nitrogens with one attached hydrogen (secondary N) is 1. The van der Waals surface area contributed by atoms with Crippen LogP contribution in [-0.2, 0) is 20.1 Å². The van der Waals surface area contributed by atoms with Crippen molar-refractivity contribution in [1.29, 1.82) is 0 Å². The Morgan fingerprint density at radius 1 is 1.10 bits per heavy atom. The SMILES string of the molecule is CC#CCn1c(N2CCC[C@@H](N)C2)c(C(=O)NC2CCC2)c2c1c(=O)n(Cc1nc(C)cc(C)n1)c(=O)n2C. The highest BCUT2D eigenvalue weighted by atomic mass is 16.2. The third-order valence-electron chi connectivity index (χ3n) is 7.68. The number of piperidine rings is 1. The molecule has 4 heterocycles. The molecule has 0 bridgehead atoms.